The lowest BCUT2D eigenvalue weighted by molar-refractivity contribution is -0.528. The molecule has 1 aliphatic rings. The fraction of sp³-hybridized carbons (Fsp3) is 0.176. The highest BCUT2D eigenvalue weighted by Gasteiger charge is 2.42. The minimum Gasteiger partial charge on any atom is -0.485 e. The van der Waals surface area contributed by atoms with E-state index >= 15 is 0 Å². The van der Waals surface area contributed by atoms with Gasteiger partial charge in [-0.1, -0.05) is 34.1 Å². The number of aromatic amines is 1. The molecule has 0 saturated heterocycles. The molecule has 2 atom stereocenters. The number of hydrogen-bond acceptors (Lipinski definition) is 3. The largest absolute Gasteiger partial charge is 0.485 e. The number of H-pyrrole nitrogens is 1. The van der Waals surface area contributed by atoms with Crippen LogP contribution in [0.1, 0.15) is 17.0 Å². The maximum atomic E-state index is 11.7. The number of rotatable bonds is 2. The summed E-state index contributed by atoms with van der Waals surface area (Å²) in [5.41, 5.74) is 2.70. The molecule has 0 saturated carbocycles. The maximum Gasteiger partial charge on any atom is 0.257 e. The standard InChI is InChI=1S/C17H12Br2N2O3/c18-9-5-11-16(12-7-20-14-4-2-1-3-10(12)14)15(21(22)23)8-24-17(11)13(19)6-9/h1-7,15-16,20H,8H2/t15-,16+/m0/s1. The molecule has 0 bridgehead atoms. The van der Waals surface area contributed by atoms with Gasteiger partial charge in [0.15, 0.2) is 6.61 Å². The Bertz CT molecular complexity index is 954. The van der Waals surface area contributed by atoms with E-state index in [-0.39, 0.29) is 17.4 Å². The zero-order valence-corrected chi connectivity index (χ0v) is 15.5. The number of ether oxygens (including phenoxy) is 1. The van der Waals surface area contributed by atoms with Gasteiger partial charge in [0.2, 0.25) is 0 Å². The summed E-state index contributed by atoms with van der Waals surface area (Å²) >= 11 is 6.97. The Morgan fingerprint density at radius 1 is 1.21 bits per heavy atom. The minimum atomic E-state index is -0.835. The fourth-order valence-corrected chi connectivity index (χ4v) is 4.72. The number of nitrogens with zero attached hydrogens (tertiary/aromatic N) is 1. The van der Waals surface area contributed by atoms with E-state index in [9.17, 15) is 10.1 Å². The molecule has 7 heteroatoms. The number of nitrogens with one attached hydrogen (secondary N) is 1. The molecule has 0 unspecified atom stereocenters. The van der Waals surface area contributed by atoms with Gasteiger partial charge in [0.05, 0.1) is 10.4 Å². The Kier molecular flexibility index (Phi) is 3.85. The van der Waals surface area contributed by atoms with Gasteiger partial charge in [-0.05, 0) is 39.7 Å². The summed E-state index contributed by atoms with van der Waals surface area (Å²) in [6.07, 6.45) is 1.87. The predicted octanol–water partition coefficient (Wildman–Crippen LogP) is 4.86. The Morgan fingerprint density at radius 2 is 2.00 bits per heavy atom. The van der Waals surface area contributed by atoms with Crippen molar-refractivity contribution in [2.75, 3.05) is 6.61 Å². The first-order valence-corrected chi connectivity index (χ1v) is 8.96. The molecule has 2 aromatic carbocycles. The molecule has 2 heterocycles. The number of para-hydroxylation sites is 1. The van der Waals surface area contributed by atoms with Crippen molar-refractivity contribution in [2.45, 2.75) is 12.0 Å². The van der Waals surface area contributed by atoms with Crippen LogP contribution in [-0.4, -0.2) is 22.6 Å². The van der Waals surface area contributed by atoms with Crippen molar-refractivity contribution >= 4 is 42.8 Å². The molecular formula is C17H12Br2N2O3. The van der Waals surface area contributed by atoms with Crippen LogP contribution in [0.5, 0.6) is 5.75 Å². The second-order valence-corrected chi connectivity index (χ2v) is 7.51. The second-order valence-electron chi connectivity index (χ2n) is 5.74. The van der Waals surface area contributed by atoms with Crippen LogP contribution in [0, 0.1) is 10.1 Å². The molecular weight excluding hydrogens is 440 g/mol. The van der Waals surface area contributed by atoms with Crippen LogP contribution in [-0.2, 0) is 0 Å². The quantitative estimate of drug-likeness (QED) is 0.446. The van der Waals surface area contributed by atoms with Crippen LogP contribution in [0.15, 0.2) is 51.5 Å². The molecule has 1 N–H and O–H groups in total. The molecule has 3 aromatic rings. The van der Waals surface area contributed by atoms with E-state index in [1.54, 1.807) is 0 Å². The van der Waals surface area contributed by atoms with Crippen molar-refractivity contribution < 1.29 is 9.66 Å². The third kappa shape index (κ3) is 2.43. The van der Waals surface area contributed by atoms with Crippen molar-refractivity contribution in [3.05, 3.63) is 72.8 Å². The topological polar surface area (TPSA) is 68.2 Å². The molecule has 0 aliphatic carbocycles. The Hall–Kier alpha value is -1.86. The summed E-state index contributed by atoms with van der Waals surface area (Å²) in [4.78, 5) is 14.6. The van der Waals surface area contributed by atoms with Crippen molar-refractivity contribution in [3.8, 4) is 5.75 Å². The number of hydrogen-bond donors (Lipinski definition) is 1. The Morgan fingerprint density at radius 3 is 2.79 bits per heavy atom. The number of halogens is 2. The first-order chi connectivity index (χ1) is 11.6. The normalized spacial score (nSPS) is 19.8. The van der Waals surface area contributed by atoms with Gasteiger partial charge in [0, 0.05) is 32.1 Å². The zero-order chi connectivity index (χ0) is 16.8. The van der Waals surface area contributed by atoms with E-state index in [0.29, 0.717) is 5.75 Å². The molecule has 5 nitrogen and oxygen atoms in total. The first kappa shape index (κ1) is 15.7. The third-order valence-electron chi connectivity index (χ3n) is 4.38. The van der Waals surface area contributed by atoms with E-state index in [4.69, 9.17) is 4.74 Å². The molecule has 0 radical (unpaired) electrons. The Labute approximate surface area is 154 Å². The van der Waals surface area contributed by atoms with Crippen molar-refractivity contribution in [1.82, 2.24) is 4.98 Å². The van der Waals surface area contributed by atoms with E-state index in [0.717, 1.165) is 31.0 Å². The molecule has 1 aromatic heterocycles. The molecule has 0 fully saturated rings. The molecule has 0 amide bonds. The number of fused-ring (bicyclic) bond motifs is 2. The second kappa shape index (κ2) is 5.89. The SMILES string of the molecule is O=[N+]([O-])[C@H]1COc2c(Br)cc(Br)cc2[C@@H]1c1c[nH]c2ccccc12. The van der Waals surface area contributed by atoms with Gasteiger partial charge in [0.25, 0.3) is 6.04 Å². The predicted molar refractivity (Wildman–Crippen MR) is 98.3 cm³/mol. The highest BCUT2D eigenvalue weighted by Crippen LogP contribution is 2.46. The minimum absolute atomic E-state index is 0.0460. The fourth-order valence-electron chi connectivity index (χ4n) is 3.34. The van der Waals surface area contributed by atoms with Crippen molar-refractivity contribution in [2.24, 2.45) is 0 Å². The van der Waals surface area contributed by atoms with Gasteiger partial charge < -0.3 is 9.72 Å². The van der Waals surface area contributed by atoms with Crippen LogP contribution in [0.25, 0.3) is 10.9 Å². The van der Waals surface area contributed by atoms with Gasteiger partial charge in [-0.15, -0.1) is 0 Å². The lowest BCUT2D eigenvalue weighted by atomic mass is 9.83. The van der Waals surface area contributed by atoms with Gasteiger partial charge in [0.1, 0.15) is 5.75 Å². The highest BCUT2D eigenvalue weighted by molar-refractivity contribution is 9.11. The maximum absolute atomic E-state index is 11.7. The average Bonchev–Trinajstić information content (AvgIpc) is 2.97. The van der Waals surface area contributed by atoms with E-state index in [1.165, 1.54) is 0 Å². The molecule has 122 valence electrons. The van der Waals surface area contributed by atoms with E-state index < -0.39 is 6.04 Å². The van der Waals surface area contributed by atoms with Crippen LogP contribution >= 0.6 is 31.9 Å². The van der Waals surface area contributed by atoms with Crippen LogP contribution in [0.3, 0.4) is 0 Å². The van der Waals surface area contributed by atoms with Gasteiger partial charge >= 0.3 is 0 Å². The highest BCUT2D eigenvalue weighted by atomic mass is 79.9. The monoisotopic (exact) mass is 450 g/mol. The Balaban J connectivity index is 1.98. The lowest BCUT2D eigenvalue weighted by Gasteiger charge is -2.29. The first-order valence-electron chi connectivity index (χ1n) is 7.37. The van der Waals surface area contributed by atoms with Crippen molar-refractivity contribution in [1.29, 1.82) is 0 Å². The van der Waals surface area contributed by atoms with Gasteiger partial charge in [-0.2, -0.15) is 0 Å². The third-order valence-corrected chi connectivity index (χ3v) is 5.43. The van der Waals surface area contributed by atoms with E-state index in [2.05, 4.69) is 36.8 Å². The molecule has 0 spiro atoms. The smallest absolute Gasteiger partial charge is 0.257 e. The molecule has 24 heavy (non-hydrogen) atoms. The van der Waals surface area contributed by atoms with Crippen LogP contribution < -0.4 is 4.74 Å². The summed E-state index contributed by atoms with van der Waals surface area (Å²) < 4.78 is 7.35. The summed E-state index contributed by atoms with van der Waals surface area (Å²) in [5, 5.41) is 12.7. The summed E-state index contributed by atoms with van der Waals surface area (Å²) in [7, 11) is 0. The van der Waals surface area contributed by atoms with Crippen LogP contribution in [0.2, 0.25) is 0 Å². The van der Waals surface area contributed by atoms with Gasteiger partial charge in [-0.3, -0.25) is 10.1 Å². The molecule has 1 aliphatic heterocycles. The summed E-state index contributed by atoms with van der Waals surface area (Å²) in [6, 6.07) is 10.8. The number of nitro groups is 1. The van der Waals surface area contributed by atoms with Crippen molar-refractivity contribution in [3.63, 3.8) is 0 Å². The van der Waals surface area contributed by atoms with Crippen LogP contribution in [0.4, 0.5) is 0 Å². The van der Waals surface area contributed by atoms with E-state index in [1.807, 2.05) is 42.6 Å². The lowest BCUT2D eigenvalue weighted by Crippen LogP contribution is -2.38. The molecule has 4 rings (SSSR count). The summed E-state index contributed by atoms with van der Waals surface area (Å²) in [6.45, 7) is 0.0460. The number of benzene rings is 2. The van der Waals surface area contributed by atoms with Gasteiger partial charge in [-0.25, -0.2) is 0 Å². The number of aromatic nitrogens is 1. The average molecular weight is 452 g/mol. The zero-order valence-electron chi connectivity index (χ0n) is 12.3. The summed E-state index contributed by atoms with van der Waals surface area (Å²) in [5.74, 6) is 0.292.